The summed E-state index contributed by atoms with van der Waals surface area (Å²) < 4.78 is 18.2. The Morgan fingerprint density at radius 3 is 2.70 bits per heavy atom. The van der Waals surface area contributed by atoms with Gasteiger partial charge in [0.05, 0.1) is 5.69 Å². The highest BCUT2D eigenvalue weighted by Gasteiger charge is 2.70. The number of aryl methyl sites for hydroxylation is 1. The summed E-state index contributed by atoms with van der Waals surface area (Å²) in [6, 6.07) is 8.85. The van der Waals surface area contributed by atoms with Crippen LogP contribution in [0.1, 0.15) is 70.5 Å². The third kappa shape index (κ3) is 3.78. The van der Waals surface area contributed by atoms with Crippen LogP contribution in [0.15, 0.2) is 42.7 Å². The number of carbonyl (C=O) groups excluding carboxylic acids is 2. The molecule has 1 aromatic carbocycles. The minimum Gasteiger partial charge on any atom is -0.345 e. The number of nitrogens with zero attached hydrogens (tertiary/aromatic N) is 5. The van der Waals surface area contributed by atoms with Crippen molar-refractivity contribution in [1.82, 2.24) is 24.2 Å². The minimum absolute atomic E-state index is 0. The normalized spacial score (nSPS) is 25.1. The number of hydrogen-bond acceptors (Lipinski definition) is 5. The predicted molar refractivity (Wildman–Crippen MR) is 168 cm³/mol. The Kier molecular flexibility index (Phi) is 6.63. The third-order valence-electron chi connectivity index (χ3n) is 9.95. The Bertz CT molecular complexity index is 1890. The smallest absolute Gasteiger partial charge is 0.253 e. The largest absolute Gasteiger partial charge is 0.345 e. The number of aromatic nitrogens is 3. The standard InChI is InChI=1S/C32H29Cl2FN6O2.CH4/c1-15-18(30(42)39(2)3)9-11-40-23-13-22-24(27(23)38-29(15)40)25(19-8-10-36-28(34)26(19)35)32(41(22)14-16-4-5-16)20-7-6-17(33)12-21(20)37-31(32)43;/h6-12,16,22,24-25H,4-5,13-14H2,1-3H3,(H,37,43);1H4/t22-,24+,25-,32+;/m0./s1. The van der Waals surface area contributed by atoms with E-state index in [-0.39, 0.29) is 36.4 Å². The number of imidazole rings is 1. The molecule has 3 aromatic heterocycles. The number of rotatable bonds is 4. The lowest BCUT2D eigenvalue weighted by Gasteiger charge is -2.40. The van der Waals surface area contributed by atoms with Crippen molar-refractivity contribution < 1.29 is 14.0 Å². The van der Waals surface area contributed by atoms with Gasteiger partial charge in [0, 0.05) is 90.4 Å². The number of anilines is 1. The van der Waals surface area contributed by atoms with Crippen molar-refractivity contribution in [1.29, 1.82) is 0 Å². The van der Waals surface area contributed by atoms with Crippen LogP contribution in [0.2, 0.25) is 10.2 Å². The molecule has 1 spiro atoms. The molecule has 2 amide bonds. The lowest BCUT2D eigenvalue weighted by Crippen LogP contribution is -2.53. The second-order valence-electron chi connectivity index (χ2n) is 12.5. The maximum atomic E-state index is 16.1. The topological polar surface area (TPSA) is 82.8 Å². The van der Waals surface area contributed by atoms with Crippen LogP contribution < -0.4 is 5.32 Å². The van der Waals surface area contributed by atoms with Crippen molar-refractivity contribution in [3.05, 3.63) is 92.4 Å². The molecule has 44 heavy (non-hydrogen) atoms. The summed E-state index contributed by atoms with van der Waals surface area (Å²) in [5.41, 5.74) is 4.48. The molecule has 5 heterocycles. The highest BCUT2D eigenvalue weighted by atomic mass is 35.5. The highest BCUT2D eigenvalue weighted by molar-refractivity contribution is 6.31. The van der Waals surface area contributed by atoms with Gasteiger partial charge in [0.1, 0.15) is 11.2 Å². The number of halogens is 3. The van der Waals surface area contributed by atoms with Gasteiger partial charge >= 0.3 is 0 Å². The molecular weight excluding hydrogens is 602 g/mol. The Balaban J connectivity index is 0.00000312. The van der Waals surface area contributed by atoms with Crippen molar-refractivity contribution in [2.75, 3.05) is 26.0 Å². The van der Waals surface area contributed by atoms with E-state index in [1.807, 2.05) is 25.3 Å². The molecule has 1 N–H and O–H groups in total. The van der Waals surface area contributed by atoms with E-state index in [2.05, 4.69) is 19.6 Å². The molecule has 4 aliphatic rings. The lowest BCUT2D eigenvalue weighted by molar-refractivity contribution is -0.128. The third-order valence-corrected chi connectivity index (χ3v) is 10.5. The van der Waals surface area contributed by atoms with E-state index in [9.17, 15) is 9.59 Å². The van der Waals surface area contributed by atoms with Crippen molar-refractivity contribution >= 4 is 46.4 Å². The van der Waals surface area contributed by atoms with E-state index in [1.165, 1.54) is 6.20 Å². The van der Waals surface area contributed by atoms with Gasteiger partial charge in [0.15, 0.2) is 11.0 Å². The van der Waals surface area contributed by atoms with Crippen molar-refractivity contribution in [2.24, 2.45) is 5.92 Å². The van der Waals surface area contributed by atoms with Gasteiger partial charge in [-0.15, -0.1) is 0 Å². The SMILES string of the molecule is C.Cc1c(C(=O)N(C)C)ccn2c3c(nc12)[C@@H]1[C@H](C3)N(CC2CC2)[C@@]2(C(=O)Nc3cc(Cl)ccc32)[C@H]1c1ccnc(Cl)c1F. The summed E-state index contributed by atoms with van der Waals surface area (Å²) in [4.78, 5) is 40.5. The Morgan fingerprint density at radius 2 is 1.98 bits per heavy atom. The fourth-order valence-corrected chi connectivity index (χ4v) is 8.31. The van der Waals surface area contributed by atoms with Crippen LogP contribution >= 0.6 is 23.2 Å². The first kappa shape index (κ1) is 29.2. The minimum atomic E-state index is -1.20. The Hall–Kier alpha value is -3.53. The van der Waals surface area contributed by atoms with Crippen LogP contribution in [0.4, 0.5) is 10.1 Å². The molecule has 8 rings (SSSR count). The molecule has 228 valence electrons. The molecule has 0 radical (unpaired) electrons. The second-order valence-corrected chi connectivity index (χ2v) is 13.3. The van der Waals surface area contributed by atoms with Gasteiger partial charge in [-0.05, 0) is 55.5 Å². The second kappa shape index (κ2) is 9.99. The average molecular weight is 636 g/mol. The van der Waals surface area contributed by atoms with E-state index in [0.29, 0.717) is 46.4 Å². The monoisotopic (exact) mass is 634 g/mol. The zero-order chi connectivity index (χ0) is 29.9. The van der Waals surface area contributed by atoms with E-state index in [4.69, 9.17) is 28.2 Å². The number of amides is 2. The Labute approximate surface area is 265 Å². The van der Waals surface area contributed by atoms with Crippen molar-refractivity contribution in [2.45, 2.75) is 57.0 Å². The van der Waals surface area contributed by atoms with E-state index < -0.39 is 17.3 Å². The molecular formula is C33H33Cl2FN6O2. The summed E-state index contributed by atoms with van der Waals surface area (Å²) in [5, 5.41) is 3.39. The number of hydrogen-bond donors (Lipinski definition) is 1. The number of benzene rings is 1. The number of carbonyl (C=O) groups is 2. The molecule has 8 nitrogen and oxygen atoms in total. The maximum Gasteiger partial charge on any atom is 0.253 e. The molecule has 1 saturated heterocycles. The summed E-state index contributed by atoms with van der Waals surface area (Å²) in [6.07, 6.45) is 6.23. The quantitative estimate of drug-likeness (QED) is 0.271. The highest BCUT2D eigenvalue weighted by Crippen LogP contribution is 2.65. The number of pyridine rings is 2. The predicted octanol–water partition coefficient (Wildman–Crippen LogP) is 6.19. The maximum absolute atomic E-state index is 16.1. The zero-order valence-corrected chi connectivity index (χ0v) is 25.4. The summed E-state index contributed by atoms with van der Waals surface area (Å²) >= 11 is 12.7. The van der Waals surface area contributed by atoms with Gasteiger partial charge < -0.3 is 14.6 Å². The summed E-state index contributed by atoms with van der Waals surface area (Å²) in [7, 11) is 3.45. The first-order valence-corrected chi connectivity index (χ1v) is 15.3. The van der Waals surface area contributed by atoms with E-state index in [1.54, 1.807) is 37.2 Å². The van der Waals surface area contributed by atoms with Gasteiger partial charge in [-0.3, -0.25) is 14.5 Å². The van der Waals surface area contributed by atoms with Gasteiger partial charge in [-0.1, -0.05) is 36.7 Å². The number of nitrogens with one attached hydrogen (secondary N) is 1. The first-order valence-electron chi connectivity index (χ1n) is 14.5. The van der Waals surface area contributed by atoms with Crippen molar-refractivity contribution in [3.8, 4) is 0 Å². The molecule has 2 aliphatic heterocycles. The summed E-state index contributed by atoms with van der Waals surface area (Å²) in [6.45, 7) is 2.62. The van der Waals surface area contributed by atoms with Gasteiger partial charge in [-0.2, -0.15) is 0 Å². The van der Waals surface area contributed by atoms with Crippen LogP contribution in [0.25, 0.3) is 5.65 Å². The molecule has 1 saturated carbocycles. The summed E-state index contributed by atoms with van der Waals surface area (Å²) in [5.74, 6) is -1.42. The molecule has 0 unspecified atom stereocenters. The van der Waals surface area contributed by atoms with Crippen molar-refractivity contribution in [3.63, 3.8) is 0 Å². The van der Waals surface area contributed by atoms with Gasteiger partial charge in [0.2, 0.25) is 5.91 Å². The van der Waals surface area contributed by atoms with Crippen LogP contribution in [-0.4, -0.2) is 62.7 Å². The van der Waals surface area contributed by atoms with E-state index in [0.717, 1.165) is 35.4 Å². The van der Waals surface area contributed by atoms with E-state index >= 15 is 4.39 Å². The van der Waals surface area contributed by atoms with Crippen LogP contribution in [0.3, 0.4) is 0 Å². The fourth-order valence-electron chi connectivity index (χ4n) is 7.97. The molecule has 2 fully saturated rings. The lowest BCUT2D eigenvalue weighted by atomic mass is 9.71. The molecule has 4 aromatic rings. The first-order chi connectivity index (χ1) is 20.6. The van der Waals surface area contributed by atoms with Gasteiger partial charge in [0.25, 0.3) is 5.91 Å². The molecule has 0 bridgehead atoms. The number of fused-ring (bicyclic) bond motifs is 7. The fraction of sp³-hybridized carbons (Fsp3) is 0.394. The van der Waals surface area contributed by atoms with Crippen LogP contribution in [0.5, 0.6) is 0 Å². The van der Waals surface area contributed by atoms with Crippen LogP contribution in [-0.2, 0) is 16.8 Å². The Morgan fingerprint density at radius 1 is 1.20 bits per heavy atom. The molecule has 2 aliphatic carbocycles. The molecule has 4 atom stereocenters. The average Bonchev–Trinajstić information content (AvgIpc) is 3.40. The van der Waals surface area contributed by atoms with Crippen LogP contribution in [0, 0.1) is 18.7 Å². The van der Waals surface area contributed by atoms with Gasteiger partial charge in [-0.25, -0.2) is 14.4 Å². The zero-order valence-electron chi connectivity index (χ0n) is 23.9. The number of likely N-dealkylation sites (tertiary alicyclic amines) is 1. The molecule has 11 heteroatoms.